The first kappa shape index (κ1) is 17.5. The molecule has 10 heteroatoms. The number of hydrogen-bond donors (Lipinski definition) is 0. The zero-order chi connectivity index (χ0) is 17.3. The van der Waals surface area contributed by atoms with E-state index in [0.717, 1.165) is 30.3 Å². The number of rotatable bonds is 4. The van der Waals surface area contributed by atoms with Crippen molar-refractivity contribution in [1.82, 2.24) is 0 Å². The zero-order valence-corrected chi connectivity index (χ0v) is 13.4. The number of benzene rings is 2. The molecule has 0 N–H and O–H groups in total. The van der Waals surface area contributed by atoms with E-state index in [2.05, 4.69) is 20.7 Å². The van der Waals surface area contributed by atoms with Crippen LogP contribution in [0.4, 0.5) is 17.6 Å². The molecule has 0 spiro atoms. The highest BCUT2D eigenvalue weighted by Gasteiger charge is 2.34. The first-order valence-corrected chi connectivity index (χ1v) is 8.03. The SMILES string of the molecule is O=S(=O)(Oc1ccc(F)cc1Br)c1ccccc1OC(F)(F)F. The zero-order valence-electron chi connectivity index (χ0n) is 11.0. The lowest BCUT2D eigenvalue weighted by Crippen LogP contribution is -2.20. The normalized spacial score (nSPS) is 12.0. The maximum absolute atomic E-state index is 13.0. The van der Waals surface area contributed by atoms with Gasteiger partial charge in [-0.2, -0.15) is 8.42 Å². The Kier molecular flexibility index (Phi) is 4.85. The van der Waals surface area contributed by atoms with Crippen LogP contribution in [0.3, 0.4) is 0 Å². The fraction of sp³-hybridized carbons (Fsp3) is 0.0769. The molecule has 0 amide bonds. The van der Waals surface area contributed by atoms with Crippen LogP contribution < -0.4 is 8.92 Å². The van der Waals surface area contributed by atoms with Gasteiger partial charge >= 0.3 is 16.5 Å². The maximum atomic E-state index is 13.0. The van der Waals surface area contributed by atoms with Crippen molar-refractivity contribution >= 4 is 26.0 Å². The van der Waals surface area contributed by atoms with Gasteiger partial charge < -0.3 is 8.92 Å². The highest BCUT2D eigenvalue weighted by Crippen LogP contribution is 2.33. The van der Waals surface area contributed by atoms with Gasteiger partial charge in [-0.3, -0.25) is 0 Å². The van der Waals surface area contributed by atoms with Crippen LogP contribution in [-0.2, 0) is 10.1 Å². The molecule has 124 valence electrons. The minimum atomic E-state index is -5.07. The van der Waals surface area contributed by atoms with E-state index < -0.39 is 32.9 Å². The van der Waals surface area contributed by atoms with E-state index in [9.17, 15) is 26.0 Å². The molecule has 0 aliphatic rings. The van der Waals surface area contributed by atoms with Gasteiger partial charge in [-0.15, -0.1) is 13.2 Å². The summed E-state index contributed by atoms with van der Waals surface area (Å²) < 4.78 is 82.7. The average molecular weight is 415 g/mol. The molecule has 0 aromatic heterocycles. The van der Waals surface area contributed by atoms with E-state index in [1.807, 2.05) is 0 Å². The number of halogens is 5. The molecule has 2 rings (SSSR count). The predicted molar refractivity (Wildman–Crippen MR) is 75.0 cm³/mol. The highest BCUT2D eigenvalue weighted by molar-refractivity contribution is 9.10. The molecule has 2 aromatic carbocycles. The van der Waals surface area contributed by atoms with Crippen molar-refractivity contribution in [3.8, 4) is 11.5 Å². The summed E-state index contributed by atoms with van der Waals surface area (Å²) in [4.78, 5) is -0.812. The van der Waals surface area contributed by atoms with Crippen molar-refractivity contribution in [2.75, 3.05) is 0 Å². The van der Waals surface area contributed by atoms with Gasteiger partial charge in [-0.05, 0) is 46.3 Å². The first-order valence-electron chi connectivity index (χ1n) is 5.83. The number of para-hydroxylation sites is 1. The second-order valence-corrected chi connectivity index (χ2v) is 6.48. The van der Waals surface area contributed by atoms with Gasteiger partial charge in [0.25, 0.3) is 0 Å². The molecule has 0 aliphatic heterocycles. The third kappa shape index (κ3) is 4.58. The summed E-state index contributed by atoms with van der Waals surface area (Å²) in [6, 6.07) is 7.02. The number of ether oxygens (including phenoxy) is 1. The Hall–Kier alpha value is -1.81. The van der Waals surface area contributed by atoms with Crippen molar-refractivity contribution < 1.29 is 34.9 Å². The van der Waals surface area contributed by atoms with Crippen molar-refractivity contribution in [2.24, 2.45) is 0 Å². The highest BCUT2D eigenvalue weighted by atomic mass is 79.9. The van der Waals surface area contributed by atoms with Crippen LogP contribution in [0.2, 0.25) is 0 Å². The summed E-state index contributed by atoms with van der Waals surface area (Å²) in [6.45, 7) is 0. The van der Waals surface area contributed by atoms with Crippen molar-refractivity contribution in [3.05, 3.63) is 52.8 Å². The third-order valence-electron chi connectivity index (χ3n) is 2.44. The molecular weight excluding hydrogens is 408 g/mol. The van der Waals surface area contributed by atoms with Crippen LogP contribution in [-0.4, -0.2) is 14.8 Å². The summed E-state index contributed by atoms with van der Waals surface area (Å²) in [5.41, 5.74) is 0. The third-order valence-corrected chi connectivity index (χ3v) is 4.33. The molecule has 4 nitrogen and oxygen atoms in total. The van der Waals surface area contributed by atoms with Gasteiger partial charge in [-0.1, -0.05) is 12.1 Å². The molecule has 0 aliphatic carbocycles. The molecule has 23 heavy (non-hydrogen) atoms. The Morgan fingerprint density at radius 2 is 1.65 bits per heavy atom. The molecule has 0 heterocycles. The van der Waals surface area contributed by atoms with Crippen molar-refractivity contribution in [3.63, 3.8) is 0 Å². The molecule has 2 aromatic rings. The summed E-state index contributed by atoms with van der Waals surface area (Å²) >= 11 is 2.90. The molecule has 0 saturated heterocycles. The molecule has 0 bridgehead atoms. The number of hydrogen-bond acceptors (Lipinski definition) is 4. The van der Waals surface area contributed by atoms with Gasteiger partial charge in [0.15, 0.2) is 11.5 Å². The van der Waals surface area contributed by atoms with E-state index in [0.29, 0.717) is 0 Å². The molecule has 0 atom stereocenters. The smallest absolute Gasteiger partial charge is 0.404 e. The molecule has 0 radical (unpaired) electrons. The Morgan fingerprint density at radius 1 is 1.00 bits per heavy atom. The minimum Gasteiger partial charge on any atom is -0.404 e. The van der Waals surface area contributed by atoms with E-state index in [1.165, 1.54) is 12.1 Å². The molecule has 0 saturated carbocycles. The largest absolute Gasteiger partial charge is 0.573 e. The average Bonchev–Trinajstić information content (AvgIpc) is 2.40. The lowest BCUT2D eigenvalue weighted by Gasteiger charge is -2.14. The Balaban J connectivity index is 2.40. The van der Waals surface area contributed by atoms with E-state index >= 15 is 0 Å². The summed E-state index contributed by atoms with van der Waals surface area (Å²) in [5.74, 6) is -1.87. The molecule has 0 unspecified atom stereocenters. The standard InChI is InChI=1S/C13H7BrF4O4S/c14-9-7-8(15)5-6-10(9)22-23(19,20)12-4-2-1-3-11(12)21-13(16,17)18/h1-7H. The van der Waals surface area contributed by atoms with E-state index in [1.54, 1.807) is 0 Å². The maximum Gasteiger partial charge on any atom is 0.573 e. The lowest BCUT2D eigenvalue weighted by atomic mass is 10.3. The topological polar surface area (TPSA) is 52.6 Å². The fourth-order valence-electron chi connectivity index (χ4n) is 1.57. The summed E-state index contributed by atoms with van der Waals surface area (Å²) in [6.07, 6.45) is -5.07. The van der Waals surface area contributed by atoms with Crippen LogP contribution in [0.15, 0.2) is 51.8 Å². The monoisotopic (exact) mass is 414 g/mol. The number of alkyl halides is 3. The summed E-state index contributed by atoms with van der Waals surface area (Å²) in [7, 11) is -4.63. The van der Waals surface area contributed by atoms with Crippen LogP contribution in [0.25, 0.3) is 0 Å². The first-order chi connectivity index (χ1) is 10.6. The molecular formula is C13H7BrF4O4S. The van der Waals surface area contributed by atoms with Gasteiger partial charge in [0.05, 0.1) is 4.47 Å². The Labute approximate surface area is 136 Å². The fourth-order valence-corrected chi connectivity index (χ4v) is 3.18. The lowest BCUT2D eigenvalue weighted by molar-refractivity contribution is -0.275. The van der Waals surface area contributed by atoms with Gasteiger partial charge in [0, 0.05) is 0 Å². The van der Waals surface area contributed by atoms with Crippen molar-refractivity contribution in [1.29, 1.82) is 0 Å². The van der Waals surface area contributed by atoms with Crippen LogP contribution in [0.5, 0.6) is 11.5 Å². The van der Waals surface area contributed by atoms with Gasteiger partial charge in [0.2, 0.25) is 0 Å². The van der Waals surface area contributed by atoms with E-state index in [-0.39, 0.29) is 10.2 Å². The second-order valence-electron chi connectivity index (χ2n) is 4.11. The van der Waals surface area contributed by atoms with Gasteiger partial charge in [0.1, 0.15) is 10.7 Å². The minimum absolute atomic E-state index is 0.0182. The van der Waals surface area contributed by atoms with Crippen molar-refractivity contribution in [2.45, 2.75) is 11.3 Å². The Morgan fingerprint density at radius 3 is 2.26 bits per heavy atom. The second kappa shape index (κ2) is 6.36. The van der Waals surface area contributed by atoms with Gasteiger partial charge in [-0.25, -0.2) is 4.39 Å². The van der Waals surface area contributed by atoms with Crippen LogP contribution in [0.1, 0.15) is 0 Å². The Bertz CT molecular complexity index is 821. The quantitative estimate of drug-likeness (QED) is 0.554. The van der Waals surface area contributed by atoms with Crippen LogP contribution >= 0.6 is 15.9 Å². The van der Waals surface area contributed by atoms with E-state index in [4.69, 9.17) is 4.18 Å². The molecule has 0 fully saturated rings. The van der Waals surface area contributed by atoms with Crippen LogP contribution in [0, 0.1) is 5.82 Å². The predicted octanol–water partition coefficient (Wildman–Crippen LogP) is 4.25. The summed E-state index contributed by atoms with van der Waals surface area (Å²) in [5, 5.41) is 0.